The van der Waals surface area contributed by atoms with Gasteiger partial charge in [-0.3, -0.25) is 14.9 Å². The summed E-state index contributed by atoms with van der Waals surface area (Å²) in [6, 6.07) is 7.52. The molecule has 1 aliphatic heterocycles. The second-order valence-electron chi connectivity index (χ2n) is 6.65. The van der Waals surface area contributed by atoms with Crippen LogP contribution in [0.25, 0.3) is 0 Å². The summed E-state index contributed by atoms with van der Waals surface area (Å²) in [6.07, 6.45) is 2.98. The maximum absolute atomic E-state index is 14.2. The molecule has 1 fully saturated rings. The van der Waals surface area contributed by atoms with Gasteiger partial charge in [0.25, 0.3) is 11.6 Å². The number of non-ortho nitro benzene ring substituents is 1. The Morgan fingerprint density at radius 1 is 1.14 bits per heavy atom. The molecule has 1 amide bonds. The number of carbonyl (C=O) groups is 2. The molecule has 1 aliphatic rings. The third-order valence-electron chi connectivity index (χ3n) is 4.77. The Hall–Kier alpha value is -3.49. The van der Waals surface area contributed by atoms with Gasteiger partial charge in [0.1, 0.15) is 5.82 Å². The number of benzene rings is 2. The molecule has 0 spiro atoms. The predicted octanol–water partition coefficient (Wildman–Crippen LogP) is 3.76. The van der Waals surface area contributed by atoms with Gasteiger partial charge < -0.3 is 15.0 Å². The van der Waals surface area contributed by atoms with Gasteiger partial charge >= 0.3 is 5.97 Å². The fourth-order valence-corrected chi connectivity index (χ4v) is 3.29. The number of anilines is 2. The average molecular weight is 401 g/mol. The molecule has 1 heterocycles. The monoisotopic (exact) mass is 401 g/mol. The normalized spacial score (nSPS) is 13.7. The van der Waals surface area contributed by atoms with Crippen molar-refractivity contribution in [1.29, 1.82) is 0 Å². The van der Waals surface area contributed by atoms with E-state index in [0.717, 1.165) is 44.5 Å². The smallest absolute Gasteiger partial charge is 0.337 e. The number of carbonyl (C=O) groups excluding carboxylic acids is 2. The lowest BCUT2D eigenvalue weighted by Crippen LogP contribution is -2.31. The lowest BCUT2D eigenvalue weighted by atomic mass is 10.1. The zero-order chi connectivity index (χ0) is 21.0. The highest BCUT2D eigenvalue weighted by molar-refractivity contribution is 6.09. The quantitative estimate of drug-likeness (QED) is 0.465. The standard InChI is InChI=1S/C20H20FN3O5/c1-29-20(26)13-5-7-16(21)17(11-13)22-19(25)15-12-14(24(27)28)6-8-18(15)23-9-3-2-4-10-23/h5-8,11-12H,2-4,9-10H2,1H3,(H,22,25). The number of nitrogens with one attached hydrogen (secondary N) is 1. The van der Waals surface area contributed by atoms with Gasteiger partial charge in [-0.15, -0.1) is 0 Å². The van der Waals surface area contributed by atoms with Gasteiger partial charge in [-0.25, -0.2) is 9.18 Å². The number of nitro benzene ring substituents is 1. The molecule has 0 aromatic heterocycles. The first kappa shape index (κ1) is 20.2. The van der Waals surface area contributed by atoms with E-state index in [0.29, 0.717) is 5.69 Å². The maximum Gasteiger partial charge on any atom is 0.337 e. The highest BCUT2D eigenvalue weighted by atomic mass is 19.1. The van der Waals surface area contributed by atoms with E-state index in [2.05, 4.69) is 10.1 Å². The number of methoxy groups -OCH3 is 1. The fraction of sp³-hybridized carbons (Fsp3) is 0.300. The molecular formula is C20H20FN3O5. The largest absolute Gasteiger partial charge is 0.465 e. The molecular weight excluding hydrogens is 381 g/mol. The first-order chi connectivity index (χ1) is 13.9. The number of halogens is 1. The van der Waals surface area contributed by atoms with Gasteiger partial charge in [0.15, 0.2) is 0 Å². The molecule has 8 nitrogen and oxygen atoms in total. The van der Waals surface area contributed by atoms with E-state index in [1.165, 1.54) is 25.3 Å². The Morgan fingerprint density at radius 3 is 2.52 bits per heavy atom. The molecule has 0 unspecified atom stereocenters. The number of rotatable bonds is 5. The second-order valence-corrected chi connectivity index (χ2v) is 6.65. The summed E-state index contributed by atoms with van der Waals surface area (Å²) < 4.78 is 18.8. The van der Waals surface area contributed by atoms with Crippen molar-refractivity contribution < 1.29 is 23.6 Å². The molecule has 152 valence electrons. The first-order valence-electron chi connectivity index (χ1n) is 9.13. The molecule has 2 aromatic carbocycles. The summed E-state index contributed by atoms with van der Waals surface area (Å²) in [4.78, 5) is 37.2. The van der Waals surface area contributed by atoms with Gasteiger partial charge in [-0.1, -0.05) is 0 Å². The SMILES string of the molecule is COC(=O)c1ccc(F)c(NC(=O)c2cc([N+](=O)[O-])ccc2N2CCCCC2)c1. The van der Waals surface area contributed by atoms with Crippen molar-refractivity contribution in [3.05, 3.63) is 63.5 Å². The molecule has 2 aromatic rings. The Balaban J connectivity index is 1.96. The number of nitro groups is 1. The summed E-state index contributed by atoms with van der Waals surface area (Å²) in [5.41, 5.74) is 0.245. The summed E-state index contributed by atoms with van der Waals surface area (Å²) in [7, 11) is 1.19. The number of ether oxygens (including phenoxy) is 1. The number of amides is 1. The van der Waals surface area contributed by atoms with Crippen molar-refractivity contribution in [2.75, 3.05) is 30.4 Å². The van der Waals surface area contributed by atoms with Crippen molar-refractivity contribution in [2.24, 2.45) is 0 Å². The van der Waals surface area contributed by atoms with Crippen LogP contribution in [0.1, 0.15) is 40.0 Å². The van der Waals surface area contributed by atoms with Crippen molar-refractivity contribution in [3.8, 4) is 0 Å². The van der Waals surface area contributed by atoms with E-state index >= 15 is 0 Å². The molecule has 1 saturated heterocycles. The topological polar surface area (TPSA) is 102 Å². The minimum absolute atomic E-state index is 0.0690. The van der Waals surface area contributed by atoms with Crippen LogP contribution in [0, 0.1) is 15.9 Å². The number of esters is 1. The van der Waals surface area contributed by atoms with Crippen LogP contribution in [0.5, 0.6) is 0 Å². The Bertz CT molecular complexity index is 957. The van der Waals surface area contributed by atoms with Gasteiger partial charge in [-0.05, 0) is 43.5 Å². The van der Waals surface area contributed by atoms with Crippen molar-refractivity contribution >= 4 is 28.9 Å². The maximum atomic E-state index is 14.2. The van der Waals surface area contributed by atoms with Crippen LogP contribution in [0.2, 0.25) is 0 Å². The molecule has 1 N–H and O–H groups in total. The highest BCUT2D eigenvalue weighted by Gasteiger charge is 2.23. The lowest BCUT2D eigenvalue weighted by molar-refractivity contribution is -0.384. The van der Waals surface area contributed by atoms with E-state index in [-0.39, 0.29) is 22.5 Å². The van der Waals surface area contributed by atoms with E-state index < -0.39 is 22.6 Å². The number of piperidine rings is 1. The zero-order valence-electron chi connectivity index (χ0n) is 15.8. The number of hydrogen-bond acceptors (Lipinski definition) is 6. The highest BCUT2D eigenvalue weighted by Crippen LogP contribution is 2.29. The van der Waals surface area contributed by atoms with Crippen LogP contribution < -0.4 is 10.2 Å². The Labute approximate surface area is 166 Å². The zero-order valence-corrected chi connectivity index (χ0v) is 15.8. The molecule has 0 radical (unpaired) electrons. The lowest BCUT2D eigenvalue weighted by Gasteiger charge is -2.30. The van der Waals surface area contributed by atoms with Crippen molar-refractivity contribution in [1.82, 2.24) is 0 Å². The fourth-order valence-electron chi connectivity index (χ4n) is 3.29. The van der Waals surface area contributed by atoms with E-state index in [1.54, 1.807) is 6.07 Å². The molecule has 0 aliphatic carbocycles. The van der Waals surface area contributed by atoms with Crippen LogP contribution in [0.4, 0.5) is 21.5 Å². The van der Waals surface area contributed by atoms with Gasteiger partial charge in [0, 0.05) is 25.2 Å². The molecule has 3 rings (SSSR count). The van der Waals surface area contributed by atoms with Crippen molar-refractivity contribution in [2.45, 2.75) is 19.3 Å². The third-order valence-corrected chi connectivity index (χ3v) is 4.77. The van der Waals surface area contributed by atoms with Crippen LogP contribution in [-0.4, -0.2) is 37.0 Å². The third kappa shape index (κ3) is 4.50. The van der Waals surface area contributed by atoms with Crippen LogP contribution in [0.15, 0.2) is 36.4 Å². The van der Waals surface area contributed by atoms with Crippen LogP contribution in [-0.2, 0) is 4.74 Å². The van der Waals surface area contributed by atoms with E-state index in [9.17, 15) is 24.1 Å². The average Bonchev–Trinajstić information content (AvgIpc) is 2.74. The molecule has 9 heteroatoms. The first-order valence-corrected chi connectivity index (χ1v) is 9.13. The van der Waals surface area contributed by atoms with Gasteiger partial charge in [-0.2, -0.15) is 0 Å². The van der Waals surface area contributed by atoms with E-state index in [4.69, 9.17) is 0 Å². The minimum Gasteiger partial charge on any atom is -0.465 e. The molecule has 0 bridgehead atoms. The summed E-state index contributed by atoms with van der Waals surface area (Å²) in [6.45, 7) is 1.45. The second kappa shape index (κ2) is 8.68. The minimum atomic E-state index is -0.740. The summed E-state index contributed by atoms with van der Waals surface area (Å²) in [5, 5.41) is 13.6. The molecule has 0 saturated carbocycles. The van der Waals surface area contributed by atoms with Crippen molar-refractivity contribution in [3.63, 3.8) is 0 Å². The van der Waals surface area contributed by atoms with E-state index in [1.807, 2.05) is 4.90 Å². The Morgan fingerprint density at radius 2 is 1.86 bits per heavy atom. The van der Waals surface area contributed by atoms with Gasteiger partial charge in [0.05, 0.1) is 34.5 Å². The van der Waals surface area contributed by atoms with Gasteiger partial charge in [0.2, 0.25) is 0 Å². The number of nitrogens with zero attached hydrogens (tertiary/aromatic N) is 2. The summed E-state index contributed by atoms with van der Waals surface area (Å²) >= 11 is 0. The molecule has 29 heavy (non-hydrogen) atoms. The number of hydrogen-bond donors (Lipinski definition) is 1. The predicted molar refractivity (Wildman–Crippen MR) is 105 cm³/mol. The Kier molecular flexibility index (Phi) is 6.06. The molecule has 0 atom stereocenters. The van der Waals surface area contributed by atoms with Crippen LogP contribution in [0.3, 0.4) is 0 Å². The summed E-state index contributed by atoms with van der Waals surface area (Å²) in [5.74, 6) is -2.11. The van der Waals surface area contributed by atoms with Crippen LogP contribution >= 0.6 is 0 Å².